The van der Waals surface area contributed by atoms with E-state index in [2.05, 4.69) is 0 Å². The maximum atomic E-state index is 12.3. The van der Waals surface area contributed by atoms with Crippen LogP contribution in [0.3, 0.4) is 0 Å². The molecule has 0 N–H and O–H groups in total. The van der Waals surface area contributed by atoms with E-state index in [0.29, 0.717) is 22.4 Å². The Morgan fingerprint density at radius 2 is 1.54 bits per heavy atom. The van der Waals surface area contributed by atoms with E-state index in [-0.39, 0.29) is 0 Å². The number of fused-ring (bicyclic) bond motifs is 1. The van der Waals surface area contributed by atoms with E-state index in [9.17, 15) is 14.4 Å². The van der Waals surface area contributed by atoms with Gasteiger partial charge in [-0.15, -0.1) is 0 Å². The molecule has 24 heavy (non-hydrogen) atoms. The summed E-state index contributed by atoms with van der Waals surface area (Å²) >= 11 is 0. The molecule has 0 fully saturated rings. The zero-order chi connectivity index (χ0) is 16.7. The van der Waals surface area contributed by atoms with E-state index in [1.807, 2.05) is 12.1 Å². The zero-order valence-electron chi connectivity index (χ0n) is 12.4. The molecule has 1 aliphatic rings. The van der Waals surface area contributed by atoms with Gasteiger partial charge in [0, 0.05) is 17.5 Å². The van der Waals surface area contributed by atoms with Crippen LogP contribution in [0.5, 0.6) is 0 Å². The number of benzene rings is 2. The van der Waals surface area contributed by atoms with Gasteiger partial charge in [-0.05, 0) is 29.8 Å². The first-order valence-corrected chi connectivity index (χ1v) is 7.33. The molecule has 0 radical (unpaired) electrons. The van der Waals surface area contributed by atoms with Crippen molar-refractivity contribution < 1.29 is 14.0 Å². The van der Waals surface area contributed by atoms with Crippen LogP contribution in [0.2, 0.25) is 0 Å². The maximum Gasteiger partial charge on any atom is 0.344 e. The molecule has 0 aliphatic carbocycles. The number of nitrogens with zero attached hydrogens (tertiary/aromatic N) is 1. The van der Waals surface area contributed by atoms with E-state index in [1.165, 1.54) is 12.2 Å². The number of carbonyl (C=O) groups excluding carboxylic acids is 2. The van der Waals surface area contributed by atoms with Gasteiger partial charge in [-0.2, -0.15) is 0 Å². The molecule has 2 heterocycles. The highest BCUT2D eigenvalue weighted by Crippen LogP contribution is 2.26. The third kappa shape index (κ3) is 2.23. The number of imide groups is 1. The van der Waals surface area contributed by atoms with Crippen LogP contribution < -0.4 is 10.5 Å². The molecular weight excluding hydrogens is 306 g/mol. The SMILES string of the molecule is O=C1C=CC(=O)N1c1cccc(-c2cc3ccccc3oc2=O)c1. The normalized spacial score (nSPS) is 13.9. The lowest BCUT2D eigenvalue weighted by Gasteiger charge is -2.14. The molecule has 3 aromatic rings. The summed E-state index contributed by atoms with van der Waals surface area (Å²) in [4.78, 5) is 37.0. The van der Waals surface area contributed by atoms with Gasteiger partial charge in [0.05, 0.1) is 11.3 Å². The quantitative estimate of drug-likeness (QED) is 0.538. The Balaban J connectivity index is 1.85. The van der Waals surface area contributed by atoms with Gasteiger partial charge in [0.2, 0.25) is 0 Å². The van der Waals surface area contributed by atoms with E-state index in [1.54, 1.807) is 42.5 Å². The summed E-state index contributed by atoms with van der Waals surface area (Å²) in [5, 5.41) is 0.799. The third-order valence-corrected chi connectivity index (χ3v) is 3.87. The van der Waals surface area contributed by atoms with Crippen LogP contribution in [0, 0.1) is 0 Å². The van der Waals surface area contributed by atoms with Gasteiger partial charge in [-0.3, -0.25) is 9.59 Å². The second-order valence-corrected chi connectivity index (χ2v) is 5.38. The van der Waals surface area contributed by atoms with Gasteiger partial charge < -0.3 is 4.42 Å². The van der Waals surface area contributed by atoms with Crippen LogP contribution in [0.1, 0.15) is 0 Å². The minimum absolute atomic E-state index is 0.377. The molecule has 0 bridgehead atoms. The van der Waals surface area contributed by atoms with Crippen molar-refractivity contribution in [3.05, 3.63) is 77.2 Å². The van der Waals surface area contributed by atoms with Crippen molar-refractivity contribution in [3.8, 4) is 11.1 Å². The van der Waals surface area contributed by atoms with Gasteiger partial charge in [-0.1, -0.05) is 30.3 Å². The molecule has 2 aromatic carbocycles. The summed E-state index contributed by atoms with van der Waals surface area (Å²) in [5.74, 6) is -0.801. The van der Waals surface area contributed by atoms with Crippen LogP contribution >= 0.6 is 0 Å². The summed E-state index contributed by atoms with van der Waals surface area (Å²) in [6.45, 7) is 0. The third-order valence-electron chi connectivity index (χ3n) is 3.87. The lowest BCUT2D eigenvalue weighted by atomic mass is 10.0. The smallest absolute Gasteiger partial charge is 0.344 e. The van der Waals surface area contributed by atoms with Crippen molar-refractivity contribution in [2.45, 2.75) is 0 Å². The number of anilines is 1. The summed E-state index contributed by atoms with van der Waals surface area (Å²) in [5.41, 5.74) is 1.42. The Kier molecular flexibility index (Phi) is 3.13. The highest BCUT2D eigenvalue weighted by molar-refractivity contribution is 6.28. The predicted octanol–water partition coefficient (Wildman–Crippen LogP) is 2.89. The van der Waals surface area contributed by atoms with E-state index in [4.69, 9.17) is 4.42 Å². The van der Waals surface area contributed by atoms with Gasteiger partial charge in [0.25, 0.3) is 11.8 Å². The molecule has 0 unspecified atom stereocenters. The second kappa shape index (κ2) is 5.31. The number of amides is 2. The van der Waals surface area contributed by atoms with Crippen LogP contribution in [-0.4, -0.2) is 11.8 Å². The van der Waals surface area contributed by atoms with Crippen LogP contribution in [0.4, 0.5) is 5.69 Å². The number of hydrogen-bond acceptors (Lipinski definition) is 4. The molecule has 1 aliphatic heterocycles. The second-order valence-electron chi connectivity index (χ2n) is 5.38. The van der Waals surface area contributed by atoms with Crippen LogP contribution in [0.25, 0.3) is 22.1 Å². The number of rotatable bonds is 2. The monoisotopic (exact) mass is 317 g/mol. The first-order valence-electron chi connectivity index (χ1n) is 7.33. The van der Waals surface area contributed by atoms with E-state index >= 15 is 0 Å². The molecule has 5 nitrogen and oxygen atoms in total. The number of hydrogen-bond donors (Lipinski definition) is 0. The number of carbonyl (C=O) groups is 2. The maximum absolute atomic E-state index is 12.3. The van der Waals surface area contributed by atoms with Crippen molar-refractivity contribution in [2.24, 2.45) is 0 Å². The summed E-state index contributed by atoms with van der Waals surface area (Å²) in [7, 11) is 0. The van der Waals surface area contributed by atoms with Crippen molar-refractivity contribution in [1.29, 1.82) is 0 Å². The van der Waals surface area contributed by atoms with Crippen molar-refractivity contribution in [2.75, 3.05) is 4.90 Å². The van der Waals surface area contributed by atoms with Gasteiger partial charge in [0.1, 0.15) is 5.58 Å². The predicted molar refractivity (Wildman–Crippen MR) is 89.6 cm³/mol. The van der Waals surface area contributed by atoms with Crippen LogP contribution in [-0.2, 0) is 9.59 Å². The average Bonchev–Trinajstić information content (AvgIpc) is 2.93. The first-order chi connectivity index (χ1) is 11.6. The Morgan fingerprint density at radius 3 is 2.33 bits per heavy atom. The largest absolute Gasteiger partial charge is 0.422 e. The molecular formula is C19H11NO4. The van der Waals surface area contributed by atoms with Crippen molar-refractivity contribution in [1.82, 2.24) is 0 Å². The molecule has 0 saturated carbocycles. The summed E-state index contributed by atoms with van der Waals surface area (Å²) < 4.78 is 5.34. The van der Waals surface area contributed by atoms with Crippen molar-refractivity contribution >= 4 is 28.5 Å². The standard InChI is InChI=1S/C19H11NO4/c21-17-8-9-18(22)20(17)14-6-3-5-12(10-14)15-11-13-4-1-2-7-16(13)24-19(15)23/h1-11H. The fourth-order valence-corrected chi connectivity index (χ4v) is 2.73. The summed E-state index contributed by atoms with van der Waals surface area (Å²) in [6.07, 6.45) is 2.44. The Hall–Kier alpha value is -3.47. The minimum atomic E-state index is -0.469. The van der Waals surface area contributed by atoms with Crippen LogP contribution in [0.15, 0.2) is 76.0 Å². The zero-order valence-corrected chi connectivity index (χ0v) is 12.4. The highest BCUT2D eigenvalue weighted by atomic mass is 16.4. The topological polar surface area (TPSA) is 67.6 Å². The molecule has 2 amide bonds. The van der Waals surface area contributed by atoms with E-state index in [0.717, 1.165) is 10.3 Å². The van der Waals surface area contributed by atoms with Gasteiger partial charge >= 0.3 is 5.63 Å². The lowest BCUT2D eigenvalue weighted by Crippen LogP contribution is -2.29. The molecule has 1 aromatic heterocycles. The molecule has 116 valence electrons. The Morgan fingerprint density at radius 1 is 0.792 bits per heavy atom. The molecule has 0 spiro atoms. The highest BCUT2D eigenvalue weighted by Gasteiger charge is 2.25. The van der Waals surface area contributed by atoms with Crippen molar-refractivity contribution in [3.63, 3.8) is 0 Å². The van der Waals surface area contributed by atoms with E-state index < -0.39 is 17.4 Å². The first kappa shape index (κ1) is 14.1. The fourth-order valence-electron chi connectivity index (χ4n) is 2.73. The minimum Gasteiger partial charge on any atom is -0.422 e. The average molecular weight is 317 g/mol. The molecule has 0 atom stereocenters. The molecule has 5 heteroatoms. The Labute approximate surface area is 136 Å². The fraction of sp³-hybridized carbons (Fsp3) is 0. The summed E-state index contributed by atoms with van der Waals surface area (Å²) in [6, 6.07) is 15.7. The number of para-hydroxylation sites is 1. The molecule has 4 rings (SSSR count). The van der Waals surface area contributed by atoms with Gasteiger partial charge in [0.15, 0.2) is 0 Å². The Bertz CT molecular complexity index is 1060. The van der Waals surface area contributed by atoms with Gasteiger partial charge in [-0.25, -0.2) is 9.69 Å². The lowest BCUT2D eigenvalue weighted by molar-refractivity contribution is -0.119. The molecule has 0 saturated heterocycles.